The summed E-state index contributed by atoms with van der Waals surface area (Å²) in [6.07, 6.45) is 5.69. The van der Waals surface area contributed by atoms with E-state index in [1.165, 1.54) is 31.6 Å². The molecule has 1 aromatic heterocycles. The van der Waals surface area contributed by atoms with E-state index in [0.29, 0.717) is 0 Å². The number of aliphatic imine (C=N–C) groups is 1. The van der Waals surface area contributed by atoms with Crippen LogP contribution in [-0.2, 0) is 13.6 Å². The Morgan fingerprint density at radius 1 is 1.22 bits per heavy atom. The highest BCUT2D eigenvalue weighted by atomic mass is 15.3. The molecule has 0 radical (unpaired) electrons. The van der Waals surface area contributed by atoms with Crippen molar-refractivity contribution >= 4 is 5.96 Å². The molecule has 0 saturated heterocycles. The summed E-state index contributed by atoms with van der Waals surface area (Å²) in [6.45, 7) is 9.90. The van der Waals surface area contributed by atoms with E-state index in [9.17, 15) is 0 Å². The van der Waals surface area contributed by atoms with Crippen LogP contribution in [0.3, 0.4) is 0 Å². The van der Waals surface area contributed by atoms with Gasteiger partial charge in [-0.15, -0.1) is 0 Å². The van der Waals surface area contributed by atoms with Crippen LogP contribution in [0.4, 0.5) is 0 Å². The molecular weight excluding hydrogens is 286 g/mol. The lowest BCUT2D eigenvalue weighted by Gasteiger charge is -2.24. The largest absolute Gasteiger partial charge is 0.356 e. The summed E-state index contributed by atoms with van der Waals surface area (Å²) in [5, 5.41) is 3.48. The molecule has 0 saturated carbocycles. The lowest BCUT2D eigenvalue weighted by molar-refractivity contribution is 0.271. The Balaban J connectivity index is 2.34. The third kappa shape index (κ3) is 7.08. The standard InChI is InChI=1S/C18H35N5/c1-6-12-23(13-7-2)15-9-11-20-18(19-3)22(5)16-17-10-8-14-21(17)4/h8,10,14H,6-7,9,11-13,15-16H2,1-5H3,(H,19,20). The number of nitrogens with one attached hydrogen (secondary N) is 1. The van der Waals surface area contributed by atoms with Crippen LogP contribution in [0, 0.1) is 0 Å². The Morgan fingerprint density at radius 3 is 2.43 bits per heavy atom. The van der Waals surface area contributed by atoms with Crippen molar-refractivity contribution in [2.24, 2.45) is 12.0 Å². The van der Waals surface area contributed by atoms with E-state index in [1.54, 1.807) is 0 Å². The van der Waals surface area contributed by atoms with E-state index in [4.69, 9.17) is 0 Å². The Kier molecular flexibility index (Phi) is 9.45. The first-order valence-corrected chi connectivity index (χ1v) is 8.86. The van der Waals surface area contributed by atoms with Crippen molar-refractivity contribution in [3.05, 3.63) is 24.0 Å². The van der Waals surface area contributed by atoms with Crippen LogP contribution in [0.25, 0.3) is 0 Å². The quantitative estimate of drug-likeness (QED) is 0.409. The van der Waals surface area contributed by atoms with Crippen molar-refractivity contribution in [1.29, 1.82) is 0 Å². The Bertz CT molecular complexity index is 446. The van der Waals surface area contributed by atoms with Gasteiger partial charge in [0.25, 0.3) is 0 Å². The van der Waals surface area contributed by atoms with Crippen molar-refractivity contribution in [3.63, 3.8) is 0 Å². The van der Waals surface area contributed by atoms with Gasteiger partial charge in [0.2, 0.25) is 0 Å². The highest BCUT2D eigenvalue weighted by Crippen LogP contribution is 2.03. The first-order chi connectivity index (χ1) is 11.1. The zero-order chi connectivity index (χ0) is 17.1. The van der Waals surface area contributed by atoms with Gasteiger partial charge in [0, 0.05) is 39.6 Å². The minimum absolute atomic E-state index is 0.862. The van der Waals surface area contributed by atoms with Gasteiger partial charge in [-0.3, -0.25) is 4.99 Å². The summed E-state index contributed by atoms with van der Waals surface area (Å²) < 4.78 is 2.15. The molecule has 1 heterocycles. The molecule has 1 aromatic rings. The topological polar surface area (TPSA) is 35.8 Å². The number of guanidine groups is 1. The molecule has 1 rings (SSSR count). The summed E-state index contributed by atoms with van der Waals surface area (Å²) in [6, 6.07) is 4.23. The van der Waals surface area contributed by atoms with Gasteiger partial charge in [0.1, 0.15) is 0 Å². The molecule has 0 spiro atoms. The smallest absolute Gasteiger partial charge is 0.193 e. The van der Waals surface area contributed by atoms with Crippen LogP contribution in [0.2, 0.25) is 0 Å². The average molecular weight is 322 g/mol. The van der Waals surface area contributed by atoms with Crippen LogP contribution < -0.4 is 5.32 Å². The SMILES string of the molecule is CCCN(CCC)CCCNC(=NC)N(C)Cc1cccn1C. The Labute approximate surface area is 142 Å². The summed E-state index contributed by atoms with van der Waals surface area (Å²) in [7, 11) is 6.02. The maximum absolute atomic E-state index is 4.40. The average Bonchev–Trinajstić information content (AvgIpc) is 2.92. The van der Waals surface area contributed by atoms with Gasteiger partial charge in [-0.05, 0) is 51.0 Å². The number of hydrogen-bond donors (Lipinski definition) is 1. The molecule has 5 heteroatoms. The number of aromatic nitrogens is 1. The predicted octanol–water partition coefficient (Wildman–Crippen LogP) is 2.54. The van der Waals surface area contributed by atoms with Crippen LogP contribution >= 0.6 is 0 Å². The van der Waals surface area contributed by atoms with Crippen molar-refractivity contribution in [1.82, 2.24) is 19.7 Å². The summed E-state index contributed by atoms with van der Waals surface area (Å²) in [5.41, 5.74) is 1.28. The van der Waals surface area contributed by atoms with Gasteiger partial charge in [0.05, 0.1) is 6.54 Å². The second kappa shape index (κ2) is 11.1. The molecule has 0 atom stereocenters. The molecule has 0 aromatic carbocycles. The van der Waals surface area contributed by atoms with Gasteiger partial charge in [-0.2, -0.15) is 0 Å². The molecule has 0 fully saturated rings. The number of rotatable bonds is 10. The van der Waals surface area contributed by atoms with Gasteiger partial charge >= 0.3 is 0 Å². The molecule has 23 heavy (non-hydrogen) atoms. The molecule has 0 aliphatic carbocycles. The first-order valence-electron chi connectivity index (χ1n) is 8.86. The lowest BCUT2D eigenvalue weighted by atomic mass is 10.3. The fraction of sp³-hybridized carbons (Fsp3) is 0.722. The highest BCUT2D eigenvalue weighted by Gasteiger charge is 2.08. The fourth-order valence-corrected chi connectivity index (χ4v) is 2.83. The number of nitrogens with zero attached hydrogens (tertiary/aromatic N) is 4. The van der Waals surface area contributed by atoms with Gasteiger partial charge in [0.15, 0.2) is 5.96 Å². The molecule has 0 aliphatic heterocycles. The van der Waals surface area contributed by atoms with E-state index in [2.05, 4.69) is 70.9 Å². The molecule has 0 unspecified atom stereocenters. The minimum Gasteiger partial charge on any atom is -0.356 e. The zero-order valence-corrected chi connectivity index (χ0v) is 15.7. The summed E-state index contributed by atoms with van der Waals surface area (Å²) in [4.78, 5) is 9.12. The van der Waals surface area contributed by atoms with Crippen molar-refractivity contribution in [2.45, 2.75) is 39.7 Å². The molecule has 0 bridgehead atoms. The van der Waals surface area contributed by atoms with Crippen molar-refractivity contribution in [2.75, 3.05) is 40.3 Å². The van der Waals surface area contributed by atoms with Gasteiger partial charge in [-0.25, -0.2) is 0 Å². The minimum atomic E-state index is 0.862. The van der Waals surface area contributed by atoms with Crippen LogP contribution in [0.5, 0.6) is 0 Å². The van der Waals surface area contributed by atoms with Crippen LogP contribution in [0.15, 0.2) is 23.3 Å². The van der Waals surface area contributed by atoms with E-state index >= 15 is 0 Å². The summed E-state index contributed by atoms with van der Waals surface area (Å²) >= 11 is 0. The van der Waals surface area contributed by atoms with Crippen LogP contribution in [0.1, 0.15) is 38.8 Å². The molecular formula is C18H35N5. The first kappa shape index (κ1) is 19.6. The highest BCUT2D eigenvalue weighted by molar-refractivity contribution is 5.79. The molecule has 0 aliphatic rings. The second-order valence-corrected chi connectivity index (χ2v) is 6.14. The maximum Gasteiger partial charge on any atom is 0.193 e. The number of aryl methyl sites for hydroxylation is 1. The molecule has 5 nitrogen and oxygen atoms in total. The third-order valence-corrected chi connectivity index (χ3v) is 4.04. The monoisotopic (exact) mass is 321 g/mol. The van der Waals surface area contributed by atoms with Crippen LogP contribution in [-0.4, -0.2) is 60.6 Å². The maximum atomic E-state index is 4.40. The van der Waals surface area contributed by atoms with E-state index in [-0.39, 0.29) is 0 Å². The van der Waals surface area contributed by atoms with Gasteiger partial charge in [-0.1, -0.05) is 13.8 Å². The molecule has 0 amide bonds. The van der Waals surface area contributed by atoms with Crippen molar-refractivity contribution in [3.8, 4) is 0 Å². The predicted molar refractivity (Wildman–Crippen MR) is 99.9 cm³/mol. The molecule has 132 valence electrons. The van der Waals surface area contributed by atoms with E-state index in [1.807, 2.05) is 7.05 Å². The normalized spacial score (nSPS) is 12.0. The fourth-order valence-electron chi connectivity index (χ4n) is 2.83. The van der Waals surface area contributed by atoms with Gasteiger partial charge < -0.3 is 19.7 Å². The van der Waals surface area contributed by atoms with E-state index < -0.39 is 0 Å². The molecule has 1 N–H and O–H groups in total. The second-order valence-electron chi connectivity index (χ2n) is 6.14. The Hall–Kier alpha value is -1.49. The Morgan fingerprint density at radius 2 is 1.91 bits per heavy atom. The number of hydrogen-bond acceptors (Lipinski definition) is 2. The van der Waals surface area contributed by atoms with E-state index in [0.717, 1.165) is 32.0 Å². The van der Waals surface area contributed by atoms with Crippen molar-refractivity contribution < 1.29 is 0 Å². The lowest BCUT2D eigenvalue weighted by Crippen LogP contribution is -2.40. The summed E-state index contributed by atoms with van der Waals surface area (Å²) in [5.74, 6) is 0.962. The zero-order valence-electron chi connectivity index (χ0n) is 15.7. The third-order valence-electron chi connectivity index (χ3n) is 4.04.